The molecule has 0 atom stereocenters. The third-order valence-electron chi connectivity index (χ3n) is 2.79. The number of anilines is 1. The molecule has 0 aliphatic carbocycles. The van der Waals surface area contributed by atoms with Gasteiger partial charge < -0.3 is 5.32 Å². The first-order valence-corrected chi connectivity index (χ1v) is 7.77. The summed E-state index contributed by atoms with van der Waals surface area (Å²) in [5, 5.41) is 3.73. The van der Waals surface area contributed by atoms with Crippen molar-refractivity contribution in [2.24, 2.45) is 0 Å². The number of hydrogen-bond acceptors (Lipinski definition) is 2. The summed E-state index contributed by atoms with van der Waals surface area (Å²) in [7, 11) is 0. The van der Waals surface area contributed by atoms with Crippen molar-refractivity contribution in [3.05, 3.63) is 62.8 Å². The number of thiophene rings is 1. The lowest BCUT2D eigenvalue weighted by Crippen LogP contribution is -2.09. The van der Waals surface area contributed by atoms with Crippen molar-refractivity contribution in [2.45, 2.75) is 0 Å². The van der Waals surface area contributed by atoms with E-state index in [1.165, 1.54) is 23.5 Å². The number of nitrogens with one attached hydrogen (secondary N) is 1. The molecule has 2 aromatic carbocycles. The lowest BCUT2D eigenvalue weighted by Gasteiger charge is -2.03. The molecule has 1 heterocycles. The van der Waals surface area contributed by atoms with E-state index in [0.717, 1.165) is 19.3 Å². The van der Waals surface area contributed by atoms with Gasteiger partial charge in [0.2, 0.25) is 0 Å². The Hall–Kier alpha value is -1.47. The van der Waals surface area contributed by atoms with E-state index in [-0.39, 0.29) is 11.7 Å². The molecule has 2 nitrogen and oxygen atoms in total. The summed E-state index contributed by atoms with van der Waals surface area (Å²) in [6.07, 6.45) is 0. The molecule has 0 bridgehead atoms. The molecule has 0 spiro atoms. The molecule has 0 aliphatic heterocycles. The standard InChI is InChI=1S/C15H9FINOS/c16-10-5-4-9-6-14(20-13(9)7-10)15(19)18-12-3-1-2-11(17)8-12/h1-8H,(H,18,19). The van der Waals surface area contributed by atoms with Gasteiger partial charge in [0.15, 0.2) is 0 Å². The Balaban J connectivity index is 1.88. The van der Waals surface area contributed by atoms with E-state index in [9.17, 15) is 9.18 Å². The largest absolute Gasteiger partial charge is 0.321 e. The third-order valence-corrected chi connectivity index (χ3v) is 4.56. The molecule has 1 aromatic heterocycles. The summed E-state index contributed by atoms with van der Waals surface area (Å²) in [4.78, 5) is 12.8. The summed E-state index contributed by atoms with van der Waals surface area (Å²) >= 11 is 3.48. The molecule has 3 aromatic rings. The molecule has 20 heavy (non-hydrogen) atoms. The number of rotatable bonds is 2. The van der Waals surface area contributed by atoms with Crippen molar-refractivity contribution in [2.75, 3.05) is 5.32 Å². The van der Waals surface area contributed by atoms with Crippen molar-refractivity contribution in [1.82, 2.24) is 0 Å². The van der Waals surface area contributed by atoms with Gasteiger partial charge in [-0.15, -0.1) is 11.3 Å². The fourth-order valence-electron chi connectivity index (χ4n) is 1.88. The van der Waals surface area contributed by atoms with Gasteiger partial charge in [-0.25, -0.2) is 4.39 Å². The SMILES string of the molecule is O=C(Nc1cccc(I)c1)c1cc2ccc(F)cc2s1. The molecule has 1 amide bonds. The second-order valence-electron chi connectivity index (χ2n) is 4.26. The molecule has 0 unspecified atom stereocenters. The van der Waals surface area contributed by atoms with Gasteiger partial charge >= 0.3 is 0 Å². The van der Waals surface area contributed by atoms with Crippen molar-refractivity contribution >= 4 is 55.6 Å². The van der Waals surface area contributed by atoms with E-state index in [1.54, 1.807) is 12.1 Å². The lowest BCUT2D eigenvalue weighted by atomic mass is 10.2. The molecule has 0 saturated carbocycles. The first-order valence-electron chi connectivity index (χ1n) is 5.88. The predicted molar refractivity (Wildman–Crippen MR) is 88.9 cm³/mol. The lowest BCUT2D eigenvalue weighted by molar-refractivity contribution is 0.103. The van der Waals surface area contributed by atoms with Crippen LogP contribution in [0.4, 0.5) is 10.1 Å². The highest BCUT2D eigenvalue weighted by Crippen LogP contribution is 2.27. The Morgan fingerprint density at radius 1 is 1.15 bits per heavy atom. The van der Waals surface area contributed by atoms with Gasteiger partial charge in [-0.3, -0.25) is 4.79 Å². The number of fused-ring (bicyclic) bond motifs is 1. The summed E-state index contributed by atoms with van der Waals surface area (Å²) in [5.41, 5.74) is 0.755. The van der Waals surface area contributed by atoms with Crippen LogP contribution in [0.15, 0.2) is 48.5 Å². The Bertz CT molecular complexity index is 799. The number of carbonyl (C=O) groups excluding carboxylic acids is 1. The normalized spacial score (nSPS) is 10.7. The molecule has 0 fully saturated rings. The summed E-state index contributed by atoms with van der Waals surface area (Å²) in [5.74, 6) is -0.461. The van der Waals surface area contributed by atoms with Crippen LogP contribution in [-0.2, 0) is 0 Å². The zero-order chi connectivity index (χ0) is 14.1. The Kier molecular flexibility index (Phi) is 3.71. The maximum absolute atomic E-state index is 13.1. The highest BCUT2D eigenvalue weighted by atomic mass is 127. The number of hydrogen-bond donors (Lipinski definition) is 1. The van der Waals surface area contributed by atoms with Crippen LogP contribution in [0.2, 0.25) is 0 Å². The van der Waals surface area contributed by atoms with Crippen LogP contribution in [-0.4, -0.2) is 5.91 Å². The maximum atomic E-state index is 13.1. The Morgan fingerprint density at radius 2 is 2.00 bits per heavy atom. The Labute approximate surface area is 132 Å². The number of halogens is 2. The molecular formula is C15H9FINOS. The van der Waals surface area contributed by atoms with Crippen molar-refractivity contribution in [3.63, 3.8) is 0 Å². The first-order chi connectivity index (χ1) is 9.61. The second-order valence-corrected chi connectivity index (χ2v) is 6.59. The van der Waals surface area contributed by atoms with Crippen LogP contribution in [0.1, 0.15) is 9.67 Å². The van der Waals surface area contributed by atoms with Gasteiger partial charge in [0, 0.05) is 14.0 Å². The minimum atomic E-state index is -0.288. The van der Waals surface area contributed by atoms with Gasteiger partial charge in [0.25, 0.3) is 5.91 Å². The van der Waals surface area contributed by atoms with Gasteiger partial charge in [-0.2, -0.15) is 0 Å². The molecular weight excluding hydrogens is 388 g/mol. The molecule has 3 rings (SSSR count). The van der Waals surface area contributed by atoms with Crippen LogP contribution in [0.5, 0.6) is 0 Å². The number of carbonyl (C=O) groups is 1. The van der Waals surface area contributed by atoms with Crippen molar-refractivity contribution < 1.29 is 9.18 Å². The molecule has 100 valence electrons. The van der Waals surface area contributed by atoms with E-state index >= 15 is 0 Å². The van der Waals surface area contributed by atoms with E-state index in [0.29, 0.717) is 4.88 Å². The summed E-state index contributed by atoms with van der Waals surface area (Å²) < 4.78 is 15.0. The summed E-state index contributed by atoms with van der Waals surface area (Å²) in [6, 6.07) is 13.9. The van der Waals surface area contributed by atoms with Crippen molar-refractivity contribution in [1.29, 1.82) is 0 Å². The highest BCUT2D eigenvalue weighted by Gasteiger charge is 2.11. The van der Waals surface area contributed by atoms with Crippen LogP contribution >= 0.6 is 33.9 Å². The van der Waals surface area contributed by atoms with Crippen LogP contribution in [0.25, 0.3) is 10.1 Å². The van der Waals surface area contributed by atoms with E-state index < -0.39 is 0 Å². The van der Waals surface area contributed by atoms with Crippen molar-refractivity contribution in [3.8, 4) is 0 Å². The van der Waals surface area contributed by atoms with E-state index in [4.69, 9.17) is 0 Å². The highest BCUT2D eigenvalue weighted by molar-refractivity contribution is 14.1. The third kappa shape index (κ3) is 2.83. The predicted octanol–water partition coefficient (Wildman–Crippen LogP) is 4.90. The van der Waals surface area contributed by atoms with Gasteiger partial charge in [0.05, 0.1) is 4.88 Å². The molecule has 0 radical (unpaired) electrons. The van der Waals surface area contributed by atoms with Crippen LogP contribution in [0, 0.1) is 9.39 Å². The second kappa shape index (κ2) is 5.49. The monoisotopic (exact) mass is 397 g/mol. The topological polar surface area (TPSA) is 29.1 Å². The number of benzene rings is 2. The Morgan fingerprint density at radius 3 is 2.80 bits per heavy atom. The smallest absolute Gasteiger partial charge is 0.265 e. The average Bonchev–Trinajstić information content (AvgIpc) is 2.81. The molecule has 5 heteroatoms. The molecule has 1 N–H and O–H groups in total. The van der Waals surface area contributed by atoms with Gasteiger partial charge in [0.1, 0.15) is 5.82 Å². The van der Waals surface area contributed by atoms with Gasteiger partial charge in [-0.05, 0) is 64.4 Å². The average molecular weight is 397 g/mol. The zero-order valence-electron chi connectivity index (χ0n) is 10.2. The molecule has 0 saturated heterocycles. The van der Waals surface area contributed by atoms with Crippen LogP contribution in [0.3, 0.4) is 0 Å². The summed E-state index contributed by atoms with van der Waals surface area (Å²) in [6.45, 7) is 0. The maximum Gasteiger partial charge on any atom is 0.265 e. The van der Waals surface area contributed by atoms with Crippen LogP contribution < -0.4 is 5.32 Å². The fraction of sp³-hybridized carbons (Fsp3) is 0. The van der Waals surface area contributed by atoms with E-state index in [2.05, 4.69) is 27.9 Å². The van der Waals surface area contributed by atoms with Gasteiger partial charge in [-0.1, -0.05) is 12.1 Å². The number of amides is 1. The fourth-order valence-corrected chi connectivity index (χ4v) is 3.40. The minimum Gasteiger partial charge on any atom is -0.321 e. The minimum absolute atomic E-state index is 0.173. The molecule has 0 aliphatic rings. The first kappa shape index (κ1) is 13.5. The van der Waals surface area contributed by atoms with E-state index in [1.807, 2.05) is 24.3 Å². The zero-order valence-corrected chi connectivity index (χ0v) is 13.2. The quantitative estimate of drug-likeness (QED) is 0.613.